The smallest absolute Gasteiger partial charge is 0.372 e. The van der Waals surface area contributed by atoms with Gasteiger partial charge in [-0.1, -0.05) is 0 Å². The number of benzene rings is 1. The number of aliphatic hydroxyl groups excluding tert-OH is 3. The number of carboxylic acids is 2. The minimum absolute atomic E-state index is 0.0614. The van der Waals surface area contributed by atoms with E-state index in [1.54, 1.807) is 0 Å². The molecule has 0 radical (unpaired) electrons. The Kier molecular flexibility index (Phi) is 5.85. The molecule has 1 heterocycles. The zero-order valence-electron chi connectivity index (χ0n) is 13.4. The van der Waals surface area contributed by atoms with E-state index in [0.717, 1.165) is 12.1 Å². The predicted octanol–water partition coefficient (Wildman–Crippen LogP) is -2.43. The number of aromatic hydroxyl groups is 2. The Balaban J connectivity index is 2.24. The van der Waals surface area contributed by atoms with E-state index in [1.807, 2.05) is 0 Å². The van der Waals surface area contributed by atoms with Gasteiger partial charge in [0.25, 0.3) is 0 Å². The van der Waals surface area contributed by atoms with Crippen LogP contribution in [0.1, 0.15) is 5.56 Å². The van der Waals surface area contributed by atoms with Crippen molar-refractivity contribution >= 4 is 17.7 Å². The van der Waals surface area contributed by atoms with Gasteiger partial charge in [-0.2, -0.15) is 0 Å². The van der Waals surface area contributed by atoms with Crippen LogP contribution >= 0.6 is 0 Å². The summed E-state index contributed by atoms with van der Waals surface area (Å²) in [6.07, 6.45) is -10.3. The summed E-state index contributed by atoms with van der Waals surface area (Å²) in [7, 11) is 0. The van der Waals surface area contributed by atoms with Gasteiger partial charge >= 0.3 is 11.9 Å². The molecule has 0 saturated carbocycles. The van der Waals surface area contributed by atoms with Crippen molar-refractivity contribution in [2.45, 2.75) is 37.1 Å². The Labute approximate surface area is 150 Å². The Morgan fingerprint density at radius 2 is 1.52 bits per heavy atom. The van der Waals surface area contributed by atoms with Crippen molar-refractivity contribution in [3.63, 3.8) is 0 Å². The molecular weight excluding hydrogens is 372 g/mol. The molecule has 1 aromatic carbocycles. The normalized spacial score (nSPS) is 27.7. The summed E-state index contributed by atoms with van der Waals surface area (Å²) in [5, 5.41) is 66.5. The molecular formula is C15H16O12. The van der Waals surface area contributed by atoms with Gasteiger partial charge < -0.3 is 45.2 Å². The largest absolute Gasteiger partial charge is 0.504 e. The van der Waals surface area contributed by atoms with Crippen LogP contribution in [0.3, 0.4) is 0 Å². The summed E-state index contributed by atoms with van der Waals surface area (Å²) in [5.74, 6) is -6.79. The first-order valence-electron chi connectivity index (χ1n) is 7.43. The maximum Gasteiger partial charge on any atom is 0.372 e. The lowest BCUT2D eigenvalue weighted by molar-refractivity contribution is -0.271. The fourth-order valence-corrected chi connectivity index (χ4v) is 2.40. The zero-order valence-corrected chi connectivity index (χ0v) is 13.4. The van der Waals surface area contributed by atoms with Gasteiger partial charge in [0.05, 0.1) is 0 Å². The highest BCUT2D eigenvalue weighted by molar-refractivity contribution is 6.33. The van der Waals surface area contributed by atoms with Crippen molar-refractivity contribution in [1.82, 2.24) is 0 Å². The summed E-state index contributed by atoms with van der Waals surface area (Å²) >= 11 is 0. The van der Waals surface area contributed by atoms with Crippen LogP contribution in [0.15, 0.2) is 12.1 Å². The van der Waals surface area contributed by atoms with E-state index in [9.17, 15) is 39.9 Å². The summed E-state index contributed by atoms with van der Waals surface area (Å²) in [6.45, 7) is 0. The number of ether oxygens (including phenoxy) is 2. The average molecular weight is 388 g/mol. The summed E-state index contributed by atoms with van der Waals surface area (Å²) < 4.78 is 9.87. The van der Waals surface area contributed by atoms with Crippen LogP contribution < -0.4 is 4.74 Å². The average Bonchev–Trinajstić information content (AvgIpc) is 2.57. The van der Waals surface area contributed by atoms with Crippen molar-refractivity contribution in [1.29, 1.82) is 0 Å². The molecule has 7 N–H and O–H groups in total. The minimum Gasteiger partial charge on any atom is -0.504 e. The first kappa shape index (κ1) is 20.4. The summed E-state index contributed by atoms with van der Waals surface area (Å²) in [4.78, 5) is 32.8. The zero-order chi connectivity index (χ0) is 20.5. The Morgan fingerprint density at radius 1 is 0.963 bits per heavy atom. The molecule has 0 bridgehead atoms. The molecule has 5 atom stereocenters. The van der Waals surface area contributed by atoms with Gasteiger partial charge in [-0.25, -0.2) is 9.59 Å². The van der Waals surface area contributed by atoms with Crippen LogP contribution in [0.25, 0.3) is 0 Å². The molecule has 1 aliphatic rings. The number of carboxylic acid groups (broad SMARTS) is 2. The van der Waals surface area contributed by atoms with Gasteiger partial charge in [0.2, 0.25) is 17.8 Å². The Bertz CT molecular complexity index is 736. The van der Waals surface area contributed by atoms with Gasteiger partial charge in [-0.05, 0) is 17.7 Å². The van der Waals surface area contributed by atoms with E-state index in [0.29, 0.717) is 0 Å². The molecule has 1 fully saturated rings. The molecule has 27 heavy (non-hydrogen) atoms. The molecule has 0 aliphatic carbocycles. The number of ketones is 1. The molecule has 1 saturated heterocycles. The molecule has 12 heteroatoms. The van der Waals surface area contributed by atoms with Crippen molar-refractivity contribution in [2.75, 3.05) is 0 Å². The molecule has 5 unspecified atom stereocenters. The van der Waals surface area contributed by atoms with Gasteiger partial charge in [0, 0.05) is 6.42 Å². The lowest BCUT2D eigenvalue weighted by Crippen LogP contribution is -2.61. The minimum atomic E-state index is -1.96. The second-order valence-electron chi connectivity index (χ2n) is 5.72. The highest BCUT2D eigenvalue weighted by Crippen LogP contribution is 2.39. The van der Waals surface area contributed by atoms with Crippen molar-refractivity contribution in [3.8, 4) is 17.2 Å². The van der Waals surface area contributed by atoms with E-state index in [2.05, 4.69) is 0 Å². The van der Waals surface area contributed by atoms with E-state index < -0.39 is 72.1 Å². The summed E-state index contributed by atoms with van der Waals surface area (Å²) in [5.41, 5.74) is -0.0614. The topological polar surface area (TPSA) is 211 Å². The number of Topliss-reactive ketones (excluding diaryl/α,β-unsaturated/α-hetero) is 1. The van der Waals surface area contributed by atoms with Gasteiger partial charge in [-0.15, -0.1) is 0 Å². The first-order chi connectivity index (χ1) is 12.5. The number of phenolic OH excluding ortho intramolecular Hbond substituents is 2. The fraction of sp³-hybridized carbons (Fsp3) is 0.400. The molecule has 1 aromatic rings. The molecule has 0 aromatic heterocycles. The standard InChI is InChI=1S/C15H16O12/c16-5-1-4(3-7(18)13(22)23)2-6(17)11(5)26-15-10(21)8(19)9(20)12(27-15)14(24)25/h1-2,8-10,12,15-17,19-21H,3H2,(H,22,23)(H,24,25). The molecule has 148 valence electrons. The number of carbonyl (C=O) groups is 3. The third-order valence-corrected chi connectivity index (χ3v) is 3.76. The lowest BCUT2D eigenvalue weighted by atomic mass is 9.99. The Morgan fingerprint density at radius 3 is 2.00 bits per heavy atom. The van der Waals surface area contributed by atoms with Crippen molar-refractivity contribution in [2.24, 2.45) is 0 Å². The van der Waals surface area contributed by atoms with Crippen LogP contribution in [-0.2, 0) is 25.5 Å². The molecule has 2 rings (SSSR count). The van der Waals surface area contributed by atoms with Crippen molar-refractivity contribution in [3.05, 3.63) is 17.7 Å². The number of aliphatic carboxylic acids is 2. The van der Waals surface area contributed by atoms with E-state index in [-0.39, 0.29) is 5.56 Å². The van der Waals surface area contributed by atoms with E-state index >= 15 is 0 Å². The number of aliphatic hydroxyl groups is 3. The van der Waals surface area contributed by atoms with Gasteiger partial charge in [0.15, 0.2) is 17.6 Å². The summed E-state index contributed by atoms with van der Waals surface area (Å²) in [6, 6.07) is 1.82. The van der Waals surface area contributed by atoms with Gasteiger partial charge in [0.1, 0.15) is 18.3 Å². The third-order valence-electron chi connectivity index (χ3n) is 3.76. The predicted molar refractivity (Wildman–Crippen MR) is 81.1 cm³/mol. The highest BCUT2D eigenvalue weighted by atomic mass is 16.7. The number of phenols is 2. The fourth-order valence-electron chi connectivity index (χ4n) is 2.40. The second-order valence-corrected chi connectivity index (χ2v) is 5.72. The highest BCUT2D eigenvalue weighted by Gasteiger charge is 2.48. The van der Waals surface area contributed by atoms with E-state index in [1.165, 1.54) is 0 Å². The number of hydrogen-bond donors (Lipinski definition) is 7. The number of carbonyl (C=O) groups excluding carboxylic acids is 1. The van der Waals surface area contributed by atoms with Crippen LogP contribution in [0.4, 0.5) is 0 Å². The van der Waals surface area contributed by atoms with Crippen LogP contribution in [0.2, 0.25) is 0 Å². The van der Waals surface area contributed by atoms with Gasteiger partial charge in [-0.3, -0.25) is 4.79 Å². The lowest BCUT2D eigenvalue weighted by Gasteiger charge is -2.38. The number of rotatable bonds is 6. The third kappa shape index (κ3) is 4.25. The van der Waals surface area contributed by atoms with Crippen LogP contribution in [0, 0.1) is 0 Å². The Hall–Kier alpha value is -2.93. The van der Waals surface area contributed by atoms with Crippen LogP contribution in [0.5, 0.6) is 17.2 Å². The van der Waals surface area contributed by atoms with Crippen molar-refractivity contribution < 1.29 is 59.6 Å². The molecule has 1 aliphatic heterocycles. The first-order valence-corrected chi connectivity index (χ1v) is 7.43. The second kappa shape index (κ2) is 7.75. The maximum absolute atomic E-state index is 11.2. The molecule has 0 spiro atoms. The maximum atomic E-state index is 11.2. The SMILES string of the molecule is O=C(O)C(=O)Cc1cc(O)c(OC2OC(C(=O)O)C(O)C(O)C2O)c(O)c1. The monoisotopic (exact) mass is 388 g/mol. The molecule has 12 nitrogen and oxygen atoms in total. The number of hydrogen-bond acceptors (Lipinski definition) is 10. The van der Waals surface area contributed by atoms with E-state index in [4.69, 9.17) is 19.7 Å². The molecule has 0 amide bonds. The van der Waals surface area contributed by atoms with Crippen LogP contribution in [-0.4, -0.2) is 84.2 Å². The quantitative estimate of drug-likeness (QED) is 0.253.